The van der Waals surface area contributed by atoms with Gasteiger partial charge in [0, 0.05) is 24.1 Å². The molecule has 0 bridgehead atoms. The third-order valence-electron chi connectivity index (χ3n) is 3.51. The van der Waals surface area contributed by atoms with Crippen LogP contribution in [0.25, 0.3) is 5.82 Å². The monoisotopic (exact) mass is 352 g/mol. The summed E-state index contributed by atoms with van der Waals surface area (Å²) < 4.78 is 7.18. The maximum atomic E-state index is 12.1. The quantitative estimate of drug-likeness (QED) is 0.635. The zero-order valence-electron chi connectivity index (χ0n) is 14.4. The van der Waals surface area contributed by atoms with Gasteiger partial charge < -0.3 is 10.1 Å². The lowest BCUT2D eigenvalue weighted by molar-refractivity contribution is 0.262. The summed E-state index contributed by atoms with van der Waals surface area (Å²) in [7, 11) is 0. The van der Waals surface area contributed by atoms with E-state index in [9.17, 15) is 4.79 Å². The molecule has 8 nitrogen and oxygen atoms in total. The molecule has 3 aromatic rings. The number of hydrogen-bond acceptors (Lipinski definition) is 5. The van der Waals surface area contributed by atoms with Crippen molar-refractivity contribution in [3.8, 4) is 11.6 Å². The van der Waals surface area contributed by atoms with Crippen molar-refractivity contribution in [2.75, 3.05) is 17.2 Å². The Kier molecular flexibility index (Phi) is 5.76. The maximum absolute atomic E-state index is 12.1. The number of aromatic nitrogens is 4. The molecule has 0 aliphatic rings. The van der Waals surface area contributed by atoms with Gasteiger partial charge in [0.1, 0.15) is 17.9 Å². The van der Waals surface area contributed by atoms with Gasteiger partial charge in [-0.05, 0) is 36.8 Å². The highest BCUT2D eigenvalue weighted by atomic mass is 16.5. The minimum absolute atomic E-state index is 0.377. The second kappa shape index (κ2) is 8.61. The van der Waals surface area contributed by atoms with Crippen LogP contribution in [0.4, 0.5) is 16.3 Å². The Balaban J connectivity index is 1.56. The average molecular weight is 352 g/mol. The van der Waals surface area contributed by atoms with Crippen molar-refractivity contribution in [1.82, 2.24) is 19.7 Å². The summed E-state index contributed by atoms with van der Waals surface area (Å²) in [6.07, 6.45) is 6.88. The zero-order valence-corrected chi connectivity index (χ0v) is 14.4. The summed E-state index contributed by atoms with van der Waals surface area (Å²) in [6, 6.07) is 10.3. The molecule has 0 radical (unpaired) electrons. The molecule has 3 rings (SSSR count). The highest BCUT2D eigenvalue weighted by Gasteiger charge is 2.06. The van der Waals surface area contributed by atoms with Crippen LogP contribution in [0.1, 0.15) is 19.8 Å². The smallest absolute Gasteiger partial charge is 0.324 e. The molecule has 26 heavy (non-hydrogen) atoms. The number of rotatable bonds is 7. The molecule has 0 fully saturated rings. The molecule has 0 spiro atoms. The topological polar surface area (TPSA) is 94.0 Å². The average Bonchev–Trinajstić information content (AvgIpc) is 3.18. The summed E-state index contributed by atoms with van der Waals surface area (Å²) in [5.41, 5.74) is 0.659. The summed E-state index contributed by atoms with van der Waals surface area (Å²) in [6.45, 7) is 2.81. The van der Waals surface area contributed by atoms with E-state index in [1.165, 1.54) is 6.33 Å². The summed E-state index contributed by atoms with van der Waals surface area (Å²) in [5, 5.41) is 9.52. The second-order valence-corrected chi connectivity index (χ2v) is 5.52. The molecule has 0 saturated carbocycles. The van der Waals surface area contributed by atoms with Crippen LogP contribution in [0.15, 0.2) is 55.1 Å². The zero-order chi connectivity index (χ0) is 18.2. The molecule has 2 heterocycles. The van der Waals surface area contributed by atoms with Crippen molar-refractivity contribution in [1.29, 1.82) is 0 Å². The van der Waals surface area contributed by atoms with E-state index in [2.05, 4.69) is 32.6 Å². The molecule has 0 unspecified atom stereocenters. The summed E-state index contributed by atoms with van der Waals surface area (Å²) >= 11 is 0. The number of nitrogens with zero attached hydrogens (tertiary/aromatic N) is 4. The fraction of sp³-hybridized carbons (Fsp3) is 0.222. The van der Waals surface area contributed by atoms with Crippen molar-refractivity contribution < 1.29 is 9.53 Å². The highest BCUT2D eigenvalue weighted by molar-refractivity contribution is 5.99. The van der Waals surface area contributed by atoms with E-state index in [0.29, 0.717) is 23.9 Å². The van der Waals surface area contributed by atoms with E-state index in [4.69, 9.17) is 4.74 Å². The lowest BCUT2D eigenvalue weighted by Crippen LogP contribution is -2.20. The van der Waals surface area contributed by atoms with Crippen LogP contribution in [0.2, 0.25) is 0 Å². The number of hydrogen-bond donors (Lipinski definition) is 2. The van der Waals surface area contributed by atoms with Crippen molar-refractivity contribution in [3.05, 3.63) is 55.1 Å². The number of urea groups is 1. The van der Waals surface area contributed by atoms with E-state index in [-0.39, 0.29) is 0 Å². The predicted molar refractivity (Wildman–Crippen MR) is 98.6 cm³/mol. The largest absolute Gasteiger partial charge is 0.494 e. The van der Waals surface area contributed by atoms with Gasteiger partial charge in [-0.25, -0.2) is 19.4 Å². The fourth-order valence-electron chi connectivity index (χ4n) is 2.19. The van der Waals surface area contributed by atoms with Crippen LogP contribution < -0.4 is 15.4 Å². The highest BCUT2D eigenvalue weighted by Crippen LogP contribution is 2.16. The molecule has 8 heteroatoms. The fourth-order valence-corrected chi connectivity index (χ4v) is 2.19. The lowest BCUT2D eigenvalue weighted by Gasteiger charge is -2.09. The molecule has 0 aliphatic heterocycles. The number of ether oxygens (including phenoxy) is 1. The maximum Gasteiger partial charge on any atom is 0.324 e. The van der Waals surface area contributed by atoms with Gasteiger partial charge in [0.05, 0.1) is 6.61 Å². The van der Waals surface area contributed by atoms with Gasteiger partial charge >= 0.3 is 6.03 Å². The third-order valence-corrected chi connectivity index (χ3v) is 3.51. The summed E-state index contributed by atoms with van der Waals surface area (Å²) in [4.78, 5) is 20.3. The first-order chi connectivity index (χ1) is 12.7. The Morgan fingerprint density at radius 3 is 2.77 bits per heavy atom. The van der Waals surface area contributed by atoms with Gasteiger partial charge in [-0.2, -0.15) is 5.10 Å². The molecular formula is C18H20N6O2. The normalized spacial score (nSPS) is 10.3. The molecule has 134 valence electrons. The minimum atomic E-state index is -0.394. The van der Waals surface area contributed by atoms with Crippen LogP contribution in [-0.4, -0.2) is 32.4 Å². The second-order valence-electron chi connectivity index (χ2n) is 5.52. The lowest BCUT2D eigenvalue weighted by atomic mass is 10.3. The molecule has 1 aromatic carbocycles. The Morgan fingerprint density at radius 2 is 2.04 bits per heavy atom. The van der Waals surface area contributed by atoms with E-state index in [0.717, 1.165) is 18.6 Å². The summed E-state index contributed by atoms with van der Waals surface area (Å²) in [5.74, 6) is 1.72. The number of carbonyl (C=O) groups is 1. The van der Waals surface area contributed by atoms with Gasteiger partial charge in [-0.1, -0.05) is 13.3 Å². The van der Waals surface area contributed by atoms with Crippen LogP contribution in [0.5, 0.6) is 5.75 Å². The van der Waals surface area contributed by atoms with Gasteiger partial charge in [0.15, 0.2) is 5.82 Å². The third kappa shape index (κ3) is 4.79. The molecule has 2 N–H and O–H groups in total. The molecule has 2 amide bonds. The molecule has 0 aliphatic carbocycles. The Hall–Kier alpha value is -3.42. The van der Waals surface area contributed by atoms with E-state index in [1.807, 2.05) is 12.1 Å². The van der Waals surface area contributed by atoms with Crippen molar-refractivity contribution in [2.24, 2.45) is 0 Å². The predicted octanol–water partition coefficient (Wildman–Crippen LogP) is 3.49. The Labute approximate surface area is 151 Å². The number of unbranched alkanes of at least 4 members (excludes halogenated alkanes) is 1. The first-order valence-corrected chi connectivity index (χ1v) is 8.37. The van der Waals surface area contributed by atoms with Gasteiger partial charge in [0.25, 0.3) is 0 Å². The van der Waals surface area contributed by atoms with Crippen molar-refractivity contribution >= 4 is 17.5 Å². The van der Waals surface area contributed by atoms with E-state index >= 15 is 0 Å². The van der Waals surface area contributed by atoms with Crippen LogP contribution in [0, 0.1) is 0 Å². The Morgan fingerprint density at radius 1 is 1.19 bits per heavy atom. The first-order valence-electron chi connectivity index (χ1n) is 8.37. The van der Waals surface area contributed by atoms with E-state index < -0.39 is 6.03 Å². The van der Waals surface area contributed by atoms with Crippen LogP contribution in [-0.2, 0) is 0 Å². The Bertz CT molecular complexity index is 833. The minimum Gasteiger partial charge on any atom is -0.494 e. The van der Waals surface area contributed by atoms with Gasteiger partial charge in [-0.15, -0.1) is 0 Å². The van der Waals surface area contributed by atoms with Crippen molar-refractivity contribution in [2.45, 2.75) is 19.8 Å². The molecule has 0 saturated heterocycles. The van der Waals surface area contributed by atoms with E-state index in [1.54, 1.807) is 41.3 Å². The standard InChI is InChI=1S/C18H20N6O2/c1-2-3-11-26-15-7-5-14(6-8-15)22-18(25)23-16-12-17(20-13-19-16)24-10-4-9-21-24/h4-10,12-13H,2-3,11H2,1H3,(H2,19,20,22,23,25). The number of nitrogens with one attached hydrogen (secondary N) is 2. The van der Waals surface area contributed by atoms with Gasteiger partial charge in [-0.3, -0.25) is 5.32 Å². The number of benzene rings is 1. The number of amides is 2. The van der Waals surface area contributed by atoms with Gasteiger partial charge in [0.2, 0.25) is 0 Å². The number of anilines is 2. The molecular weight excluding hydrogens is 332 g/mol. The van der Waals surface area contributed by atoms with Crippen molar-refractivity contribution in [3.63, 3.8) is 0 Å². The number of carbonyl (C=O) groups excluding carboxylic acids is 1. The van der Waals surface area contributed by atoms with Crippen LogP contribution >= 0.6 is 0 Å². The van der Waals surface area contributed by atoms with Crippen LogP contribution in [0.3, 0.4) is 0 Å². The first kappa shape index (κ1) is 17.4. The SMILES string of the molecule is CCCCOc1ccc(NC(=O)Nc2cc(-n3cccn3)ncn2)cc1. The molecule has 2 aromatic heterocycles. The molecule has 0 atom stereocenters.